The van der Waals surface area contributed by atoms with Gasteiger partial charge in [0, 0.05) is 23.4 Å². The number of rotatable bonds is 7. The summed E-state index contributed by atoms with van der Waals surface area (Å²) in [6.45, 7) is 8.41. The Morgan fingerprint density at radius 1 is 0.829 bits per heavy atom. The maximum atomic E-state index is 13.6. The molecule has 0 saturated carbocycles. The monoisotopic (exact) mass is 545 g/mol. The van der Waals surface area contributed by atoms with E-state index in [0.29, 0.717) is 11.5 Å². The number of carbonyl (C=O) groups excluding carboxylic acids is 2. The lowest BCUT2D eigenvalue weighted by atomic mass is 9.92. The topological polar surface area (TPSA) is 79.3 Å². The highest BCUT2D eigenvalue weighted by Crippen LogP contribution is 2.27. The zero-order valence-electron chi connectivity index (χ0n) is 23.9. The van der Waals surface area contributed by atoms with Gasteiger partial charge in [0.1, 0.15) is 12.4 Å². The van der Waals surface area contributed by atoms with Crippen LogP contribution in [0.25, 0.3) is 16.5 Å². The van der Waals surface area contributed by atoms with E-state index >= 15 is 0 Å². The second kappa shape index (κ2) is 11.7. The van der Waals surface area contributed by atoms with E-state index in [1.807, 2.05) is 110 Å². The smallest absolute Gasteiger partial charge is 0.311 e. The lowest BCUT2D eigenvalue weighted by Crippen LogP contribution is -2.40. The van der Waals surface area contributed by atoms with Gasteiger partial charge in [-0.05, 0) is 36.1 Å². The van der Waals surface area contributed by atoms with Crippen molar-refractivity contribution in [1.29, 1.82) is 0 Å². The lowest BCUT2D eigenvalue weighted by Gasteiger charge is -2.23. The molecule has 0 aliphatic carbocycles. The quantitative estimate of drug-likeness (QED) is 0.225. The van der Waals surface area contributed by atoms with Gasteiger partial charge in [0.05, 0.1) is 17.1 Å². The summed E-state index contributed by atoms with van der Waals surface area (Å²) in [7, 11) is 0. The van der Waals surface area contributed by atoms with Gasteiger partial charge >= 0.3 is 6.03 Å². The van der Waals surface area contributed by atoms with Crippen molar-refractivity contribution in [3.8, 4) is 5.69 Å². The number of nitrogens with one attached hydrogen (secondary N) is 2. The van der Waals surface area contributed by atoms with Crippen LogP contribution < -0.4 is 10.6 Å². The molecule has 0 unspecified atom stereocenters. The van der Waals surface area contributed by atoms with Gasteiger partial charge in [0.15, 0.2) is 0 Å². The number of benzene rings is 4. The number of hydrogen-bond acceptors (Lipinski definition) is 3. The Morgan fingerprint density at radius 2 is 1.51 bits per heavy atom. The third kappa shape index (κ3) is 6.64. The maximum Gasteiger partial charge on any atom is 0.322 e. The number of carbonyl (C=O) groups is 2. The van der Waals surface area contributed by atoms with Gasteiger partial charge in [-0.15, -0.1) is 0 Å². The number of amides is 3. The predicted octanol–water partition coefficient (Wildman–Crippen LogP) is 7.30. The van der Waals surface area contributed by atoms with Crippen molar-refractivity contribution in [3.05, 3.63) is 120 Å². The fourth-order valence-electron chi connectivity index (χ4n) is 4.61. The number of anilines is 2. The fraction of sp³-hybridized carbons (Fsp3) is 0.206. The Labute approximate surface area is 240 Å². The van der Waals surface area contributed by atoms with Crippen molar-refractivity contribution >= 4 is 34.2 Å². The number of urea groups is 1. The fourth-order valence-corrected chi connectivity index (χ4v) is 4.61. The standard InChI is InChI=1S/C34H35N5O2/c1-24-17-19-27(20-18-24)39-31(21-30(37-39)34(2,3)4)36-32(40)23-38(22-25-11-6-5-7-12-25)33(41)35-29-16-10-14-26-13-8-9-15-28(26)29/h5-21H,22-23H2,1-4H3,(H,35,41)(H,36,40). The minimum absolute atomic E-state index is 0.143. The SMILES string of the molecule is Cc1ccc(-n2nc(C(C)(C)C)cc2NC(=O)CN(Cc2ccccc2)C(=O)Nc2cccc3ccccc23)cc1. The molecule has 3 amide bonds. The summed E-state index contributed by atoms with van der Waals surface area (Å²) >= 11 is 0. The average Bonchev–Trinajstić information content (AvgIpc) is 3.38. The molecule has 4 aromatic carbocycles. The van der Waals surface area contributed by atoms with Crippen molar-refractivity contribution in [2.24, 2.45) is 0 Å². The van der Waals surface area contributed by atoms with Gasteiger partial charge in [-0.1, -0.05) is 105 Å². The Balaban J connectivity index is 1.41. The van der Waals surface area contributed by atoms with E-state index in [9.17, 15) is 9.59 Å². The molecule has 5 aromatic rings. The Kier molecular flexibility index (Phi) is 7.88. The van der Waals surface area contributed by atoms with Crippen LogP contribution in [-0.4, -0.2) is 33.2 Å². The van der Waals surface area contributed by atoms with Crippen molar-refractivity contribution in [2.45, 2.75) is 39.7 Å². The minimum Gasteiger partial charge on any atom is -0.311 e. The lowest BCUT2D eigenvalue weighted by molar-refractivity contribution is -0.116. The van der Waals surface area contributed by atoms with E-state index in [0.717, 1.165) is 33.3 Å². The van der Waals surface area contributed by atoms with Crippen molar-refractivity contribution in [2.75, 3.05) is 17.2 Å². The second-order valence-corrected chi connectivity index (χ2v) is 11.3. The number of aromatic nitrogens is 2. The molecule has 41 heavy (non-hydrogen) atoms. The first kappa shape index (κ1) is 27.6. The third-order valence-corrected chi connectivity index (χ3v) is 6.89. The average molecular weight is 546 g/mol. The number of fused-ring (bicyclic) bond motifs is 1. The van der Waals surface area contributed by atoms with Crippen LogP contribution in [0.15, 0.2) is 103 Å². The normalized spacial score (nSPS) is 11.3. The summed E-state index contributed by atoms with van der Waals surface area (Å²) in [4.78, 5) is 28.6. The van der Waals surface area contributed by atoms with Crippen molar-refractivity contribution < 1.29 is 9.59 Å². The molecule has 0 atom stereocenters. The summed E-state index contributed by atoms with van der Waals surface area (Å²) in [5.41, 5.74) is 4.23. The van der Waals surface area contributed by atoms with Crippen LogP contribution in [0.4, 0.5) is 16.3 Å². The Morgan fingerprint density at radius 3 is 2.24 bits per heavy atom. The van der Waals surface area contributed by atoms with E-state index < -0.39 is 0 Å². The third-order valence-electron chi connectivity index (χ3n) is 6.89. The summed E-state index contributed by atoms with van der Waals surface area (Å²) in [5, 5.41) is 12.8. The maximum absolute atomic E-state index is 13.6. The summed E-state index contributed by atoms with van der Waals surface area (Å²) in [6.07, 6.45) is 0. The first-order chi connectivity index (χ1) is 19.7. The van der Waals surface area contributed by atoms with E-state index in [1.165, 1.54) is 4.90 Å². The van der Waals surface area contributed by atoms with Gasteiger partial charge in [-0.25, -0.2) is 9.48 Å². The Bertz CT molecular complexity index is 1660. The predicted molar refractivity (Wildman–Crippen MR) is 165 cm³/mol. The molecule has 0 aliphatic heterocycles. The molecule has 7 heteroatoms. The molecule has 1 heterocycles. The molecule has 2 N–H and O–H groups in total. The van der Waals surface area contributed by atoms with Crippen LogP contribution in [-0.2, 0) is 16.8 Å². The summed E-state index contributed by atoms with van der Waals surface area (Å²) < 4.78 is 1.75. The van der Waals surface area contributed by atoms with Crippen LogP contribution >= 0.6 is 0 Å². The van der Waals surface area contributed by atoms with Gasteiger partial charge in [-0.2, -0.15) is 5.10 Å². The van der Waals surface area contributed by atoms with Gasteiger partial charge in [0.2, 0.25) is 5.91 Å². The molecule has 208 valence electrons. The summed E-state index contributed by atoms with van der Waals surface area (Å²) in [6, 6.07) is 32.8. The number of nitrogens with zero attached hydrogens (tertiary/aromatic N) is 3. The van der Waals surface area contributed by atoms with Crippen LogP contribution in [0.1, 0.15) is 37.6 Å². The van der Waals surface area contributed by atoms with E-state index in [-0.39, 0.29) is 30.4 Å². The highest BCUT2D eigenvalue weighted by atomic mass is 16.2. The van der Waals surface area contributed by atoms with Crippen LogP contribution in [0, 0.1) is 6.92 Å². The Hall–Kier alpha value is -4.91. The molecule has 0 saturated heterocycles. The van der Waals surface area contributed by atoms with Crippen LogP contribution in [0.2, 0.25) is 0 Å². The molecule has 0 radical (unpaired) electrons. The molecular weight excluding hydrogens is 510 g/mol. The zero-order valence-corrected chi connectivity index (χ0v) is 23.9. The molecular formula is C34H35N5O2. The van der Waals surface area contributed by atoms with E-state index in [1.54, 1.807) is 4.68 Å². The molecule has 1 aromatic heterocycles. The molecule has 0 aliphatic rings. The molecule has 0 fully saturated rings. The molecule has 0 bridgehead atoms. The molecule has 7 nitrogen and oxygen atoms in total. The largest absolute Gasteiger partial charge is 0.322 e. The first-order valence-corrected chi connectivity index (χ1v) is 13.7. The van der Waals surface area contributed by atoms with Gasteiger partial charge in [-0.3, -0.25) is 4.79 Å². The molecule has 0 spiro atoms. The van der Waals surface area contributed by atoms with Crippen molar-refractivity contribution in [1.82, 2.24) is 14.7 Å². The van der Waals surface area contributed by atoms with Crippen LogP contribution in [0.5, 0.6) is 0 Å². The van der Waals surface area contributed by atoms with E-state index in [2.05, 4.69) is 31.4 Å². The number of aryl methyl sites for hydroxylation is 1. The van der Waals surface area contributed by atoms with Crippen LogP contribution in [0.3, 0.4) is 0 Å². The summed E-state index contributed by atoms with van der Waals surface area (Å²) in [5.74, 6) is 0.237. The van der Waals surface area contributed by atoms with Crippen molar-refractivity contribution in [3.63, 3.8) is 0 Å². The first-order valence-electron chi connectivity index (χ1n) is 13.7. The highest BCUT2D eigenvalue weighted by Gasteiger charge is 2.23. The highest BCUT2D eigenvalue weighted by molar-refractivity contribution is 6.03. The van der Waals surface area contributed by atoms with Gasteiger partial charge in [0.25, 0.3) is 0 Å². The number of hydrogen-bond donors (Lipinski definition) is 2. The second-order valence-electron chi connectivity index (χ2n) is 11.3. The van der Waals surface area contributed by atoms with Gasteiger partial charge < -0.3 is 15.5 Å². The molecule has 5 rings (SSSR count). The van der Waals surface area contributed by atoms with E-state index in [4.69, 9.17) is 5.10 Å². The zero-order chi connectivity index (χ0) is 29.0. The minimum atomic E-state index is -0.359.